The Kier molecular flexibility index (Phi) is 4.64. The average Bonchev–Trinajstić information content (AvgIpc) is 3.43. The van der Waals surface area contributed by atoms with E-state index in [1.54, 1.807) is 18.4 Å². The summed E-state index contributed by atoms with van der Waals surface area (Å²) in [4.78, 5) is 1.21. The highest BCUT2D eigenvalue weighted by Crippen LogP contribution is 2.48. The van der Waals surface area contributed by atoms with E-state index < -0.39 is 0 Å². The van der Waals surface area contributed by atoms with Gasteiger partial charge in [-0.3, -0.25) is 0 Å². The summed E-state index contributed by atoms with van der Waals surface area (Å²) in [6, 6.07) is 18.5. The summed E-state index contributed by atoms with van der Waals surface area (Å²) >= 11 is 1.72. The number of methoxy groups -OCH3 is 1. The molecule has 0 radical (unpaired) electrons. The van der Waals surface area contributed by atoms with Gasteiger partial charge in [0.25, 0.3) is 0 Å². The van der Waals surface area contributed by atoms with Gasteiger partial charge in [-0.2, -0.15) is 5.10 Å². The third-order valence-corrected chi connectivity index (χ3v) is 6.20. The molecule has 5 rings (SSSR count). The molecule has 3 heterocycles. The second-order valence-corrected chi connectivity index (χ2v) is 7.92. The minimum absolute atomic E-state index is 0.152. The van der Waals surface area contributed by atoms with E-state index in [9.17, 15) is 0 Å². The Bertz CT molecular complexity index is 1050. The number of hydrogen-bond acceptors (Lipinski definition) is 6. The molecule has 6 heteroatoms. The molecular formula is C23H22N2O3S. The maximum atomic E-state index is 6.43. The molecule has 0 saturated heterocycles. The molecule has 0 fully saturated rings. The normalized spacial score (nSPS) is 19.8. The summed E-state index contributed by atoms with van der Waals surface area (Å²) in [6.07, 6.45) is 0.545. The number of benzene rings is 2. The van der Waals surface area contributed by atoms with Crippen molar-refractivity contribution in [2.75, 3.05) is 13.7 Å². The smallest absolute Gasteiger partial charge is 0.214 e. The first kappa shape index (κ1) is 18.1. The molecule has 1 aromatic heterocycles. The predicted molar refractivity (Wildman–Crippen MR) is 114 cm³/mol. The number of hydrogen-bond donors (Lipinski definition) is 0. The molecule has 0 saturated carbocycles. The fourth-order valence-corrected chi connectivity index (χ4v) is 4.68. The first-order valence-corrected chi connectivity index (χ1v) is 10.6. The first-order chi connectivity index (χ1) is 14.3. The lowest BCUT2D eigenvalue weighted by molar-refractivity contribution is -0.0191. The molecule has 3 aromatic rings. The van der Waals surface area contributed by atoms with Crippen molar-refractivity contribution in [3.63, 3.8) is 0 Å². The maximum Gasteiger partial charge on any atom is 0.214 e. The number of ether oxygens (including phenoxy) is 3. The van der Waals surface area contributed by atoms with Crippen LogP contribution in [-0.2, 0) is 0 Å². The van der Waals surface area contributed by atoms with Crippen molar-refractivity contribution in [2.45, 2.75) is 25.6 Å². The molecule has 148 valence electrons. The Morgan fingerprint density at radius 2 is 2.03 bits per heavy atom. The quantitative estimate of drug-likeness (QED) is 0.569. The van der Waals surface area contributed by atoms with Crippen molar-refractivity contribution >= 4 is 17.0 Å². The van der Waals surface area contributed by atoms with Crippen LogP contribution >= 0.6 is 11.3 Å². The highest BCUT2D eigenvalue weighted by atomic mass is 32.1. The van der Waals surface area contributed by atoms with Gasteiger partial charge in [0.1, 0.15) is 5.75 Å². The number of para-hydroxylation sites is 1. The van der Waals surface area contributed by atoms with Crippen molar-refractivity contribution < 1.29 is 14.2 Å². The molecule has 2 aliphatic heterocycles. The molecule has 2 aliphatic rings. The lowest BCUT2D eigenvalue weighted by Gasteiger charge is -2.38. The van der Waals surface area contributed by atoms with Gasteiger partial charge in [-0.05, 0) is 42.6 Å². The molecule has 0 amide bonds. The Hall–Kier alpha value is -2.99. The van der Waals surface area contributed by atoms with Gasteiger partial charge in [0.2, 0.25) is 6.23 Å². The van der Waals surface area contributed by atoms with Crippen LogP contribution in [-0.4, -0.2) is 24.4 Å². The van der Waals surface area contributed by atoms with Gasteiger partial charge in [-0.15, -0.1) is 11.3 Å². The molecule has 0 unspecified atom stereocenters. The van der Waals surface area contributed by atoms with Crippen LogP contribution in [0.4, 0.5) is 0 Å². The van der Waals surface area contributed by atoms with Crippen molar-refractivity contribution in [1.29, 1.82) is 0 Å². The highest BCUT2D eigenvalue weighted by Gasteiger charge is 2.41. The van der Waals surface area contributed by atoms with Crippen LogP contribution < -0.4 is 14.2 Å². The minimum atomic E-state index is -0.322. The fraction of sp³-hybridized carbons (Fsp3) is 0.261. The van der Waals surface area contributed by atoms with E-state index in [2.05, 4.69) is 34.7 Å². The van der Waals surface area contributed by atoms with E-state index in [1.807, 2.05) is 37.3 Å². The molecule has 2 atom stereocenters. The largest absolute Gasteiger partial charge is 0.493 e. The number of nitrogens with zero attached hydrogens (tertiary/aromatic N) is 2. The standard InChI is InChI=1S/C23H22N2O3S/c1-3-27-21-13-15(10-11-20(21)26-2)23-25-18(16-7-4-5-8-19(16)28-23)14-17(24-25)22-9-6-12-29-22/h4-13,18,23H,3,14H2,1-2H3/t18-,23+/m0/s1. The summed E-state index contributed by atoms with van der Waals surface area (Å²) in [6.45, 7) is 2.54. The summed E-state index contributed by atoms with van der Waals surface area (Å²) in [5.74, 6) is 2.34. The Morgan fingerprint density at radius 3 is 2.83 bits per heavy atom. The first-order valence-electron chi connectivity index (χ1n) is 9.74. The van der Waals surface area contributed by atoms with Crippen LogP contribution in [0.2, 0.25) is 0 Å². The zero-order chi connectivity index (χ0) is 19.8. The molecule has 0 spiro atoms. The van der Waals surface area contributed by atoms with Gasteiger partial charge >= 0.3 is 0 Å². The van der Waals surface area contributed by atoms with E-state index in [-0.39, 0.29) is 12.3 Å². The summed E-state index contributed by atoms with van der Waals surface area (Å²) < 4.78 is 17.7. The van der Waals surface area contributed by atoms with Crippen LogP contribution in [0.5, 0.6) is 17.2 Å². The van der Waals surface area contributed by atoms with Crippen molar-refractivity contribution in [1.82, 2.24) is 5.01 Å². The second-order valence-electron chi connectivity index (χ2n) is 6.98. The monoisotopic (exact) mass is 406 g/mol. The van der Waals surface area contributed by atoms with E-state index in [4.69, 9.17) is 19.3 Å². The molecule has 0 N–H and O–H groups in total. The highest BCUT2D eigenvalue weighted by molar-refractivity contribution is 7.12. The van der Waals surface area contributed by atoms with Crippen molar-refractivity contribution in [3.05, 3.63) is 76.0 Å². The van der Waals surface area contributed by atoms with Crippen molar-refractivity contribution in [2.24, 2.45) is 5.10 Å². The lowest BCUT2D eigenvalue weighted by atomic mass is 9.97. The second kappa shape index (κ2) is 7.44. The van der Waals surface area contributed by atoms with Gasteiger partial charge in [0.05, 0.1) is 30.3 Å². The molecule has 5 nitrogen and oxygen atoms in total. The van der Waals surface area contributed by atoms with Gasteiger partial charge < -0.3 is 14.2 Å². The molecule has 0 aliphatic carbocycles. The van der Waals surface area contributed by atoms with E-state index in [1.165, 1.54) is 10.4 Å². The SMILES string of the molecule is CCOc1cc([C@H]2Oc3ccccc3[C@@H]3CC(c4cccs4)=NN23)ccc1OC. The van der Waals surface area contributed by atoms with E-state index >= 15 is 0 Å². The van der Waals surface area contributed by atoms with Gasteiger partial charge in [-0.25, -0.2) is 5.01 Å². The molecular weight excluding hydrogens is 384 g/mol. The topological polar surface area (TPSA) is 43.3 Å². The summed E-state index contributed by atoms with van der Waals surface area (Å²) in [5.41, 5.74) is 3.27. The number of hydrazone groups is 1. The van der Waals surface area contributed by atoms with Crippen LogP contribution in [0.25, 0.3) is 0 Å². The minimum Gasteiger partial charge on any atom is -0.493 e. The third kappa shape index (κ3) is 3.13. The summed E-state index contributed by atoms with van der Waals surface area (Å²) in [7, 11) is 1.65. The molecule has 29 heavy (non-hydrogen) atoms. The van der Waals surface area contributed by atoms with Crippen LogP contribution in [0, 0.1) is 0 Å². The Morgan fingerprint density at radius 1 is 1.14 bits per heavy atom. The van der Waals surface area contributed by atoms with Gasteiger partial charge in [-0.1, -0.05) is 24.3 Å². The number of rotatable bonds is 5. The van der Waals surface area contributed by atoms with E-state index in [0.717, 1.165) is 23.4 Å². The van der Waals surface area contributed by atoms with Crippen LogP contribution in [0.15, 0.2) is 65.1 Å². The van der Waals surface area contributed by atoms with Crippen LogP contribution in [0.3, 0.4) is 0 Å². The van der Waals surface area contributed by atoms with E-state index in [0.29, 0.717) is 18.1 Å². The van der Waals surface area contributed by atoms with Crippen LogP contribution in [0.1, 0.15) is 41.6 Å². The number of thiophene rings is 1. The molecule has 2 aromatic carbocycles. The zero-order valence-corrected chi connectivity index (χ0v) is 17.2. The maximum absolute atomic E-state index is 6.43. The lowest BCUT2D eigenvalue weighted by Crippen LogP contribution is -2.33. The Balaban J connectivity index is 1.58. The predicted octanol–water partition coefficient (Wildman–Crippen LogP) is 5.40. The molecule has 0 bridgehead atoms. The summed E-state index contributed by atoms with van der Waals surface area (Å²) in [5, 5.41) is 9.18. The average molecular weight is 407 g/mol. The van der Waals surface area contributed by atoms with Gasteiger partial charge in [0, 0.05) is 17.5 Å². The van der Waals surface area contributed by atoms with Gasteiger partial charge in [0.15, 0.2) is 11.5 Å². The van der Waals surface area contributed by atoms with Crippen molar-refractivity contribution in [3.8, 4) is 17.2 Å². The fourth-order valence-electron chi connectivity index (χ4n) is 3.96. The number of fused-ring (bicyclic) bond motifs is 3. The Labute approximate surface area is 174 Å². The third-order valence-electron chi connectivity index (χ3n) is 5.28. The zero-order valence-electron chi connectivity index (χ0n) is 16.4.